The highest BCUT2D eigenvalue weighted by molar-refractivity contribution is 6.42. The van der Waals surface area contributed by atoms with Crippen molar-refractivity contribution in [3.8, 4) is 0 Å². The van der Waals surface area contributed by atoms with E-state index in [0.29, 0.717) is 15.9 Å². The fourth-order valence-electron chi connectivity index (χ4n) is 2.39. The van der Waals surface area contributed by atoms with E-state index in [4.69, 9.17) is 34.8 Å². The molecule has 2 aromatic rings. The van der Waals surface area contributed by atoms with Gasteiger partial charge in [-0.2, -0.15) is 0 Å². The number of aromatic nitrogens is 2. The van der Waals surface area contributed by atoms with Gasteiger partial charge in [-0.05, 0) is 18.6 Å². The Morgan fingerprint density at radius 3 is 2.55 bits per heavy atom. The van der Waals surface area contributed by atoms with Gasteiger partial charge in [0.15, 0.2) is 0 Å². The van der Waals surface area contributed by atoms with E-state index in [0.717, 1.165) is 36.2 Å². The SMILES string of the molecule is CCCCCCn1c(CCCl)nc2cc(Cl)c(Cl)cc21. The lowest BCUT2D eigenvalue weighted by atomic mass is 10.2. The van der Waals surface area contributed by atoms with Crippen molar-refractivity contribution in [3.05, 3.63) is 28.0 Å². The number of fused-ring (bicyclic) bond motifs is 1. The van der Waals surface area contributed by atoms with Crippen LogP contribution in [0.5, 0.6) is 0 Å². The summed E-state index contributed by atoms with van der Waals surface area (Å²) >= 11 is 18.1. The third kappa shape index (κ3) is 3.60. The van der Waals surface area contributed by atoms with Crippen LogP contribution >= 0.6 is 34.8 Å². The maximum atomic E-state index is 6.13. The number of hydrogen-bond acceptors (Lipinski definition) is 1. The zero-order valence-electron chi connectivity index (χ0n) is 11.6. The first kappa shape index (κ1) is 15.9. The number of benzene rings is 1. The molecule has 1 heterocycles. The van der Waals surface area contributed by atoms with Crippen LogP contribution in [0.25, 0.3) is 11.0 Å². The van der Waals surface area contributed by atoms with Crippen molar-refractivity contribution in [2.24, 2.45) is 0 Å². The molecule has 0 N–H and O–H groups in total. The topological polar surface area (TPSA) is 17.8 Å². The molecule has 1 aromatic heterocycles. The summed E-state index contributed by atoms with van der Waals surface area (Å²) in [5.41, 5.74) is 1.95. The van der Waals surface area contributed by atoms with Gasteiger partial charge < -0.3 is 4.57 Å². The van der Waals surface area contributed by atoms with Gasteiger partial charge in [0.1, 0.15) is 5.82 Å². The molecule has 0 amide bonds. The monoisotopic (exact) mass is 332 g/mol. The summed E-state index contributed by atoms with van der Waals surface area (Å²) in [5, 5.41) is 1.12. The molecule has 110 valence electrons. The van der Waals surface area contributed by atoms with Gasteiger partial charge in [0, 0.05) is 18.8 Å². The minimum Gasteiger partial charge on any atom is -0.328 e. The second-order valence-electron chi connectivity index (χ2n) is 4.93. The average Bonchev–Trinajstić information content (AvgIpc) is 2.73. The third-order valence-electron chi connectivity index (χ3n) is 3.42. The lowest BCUT2D eigenvalue weighted by molar-refractivity contribution is 0.576. The quantitative estimate of drug-likeness (QED) is 0.469. The summed E-state index contributed by atoms with van der Waals surface area (Å²) in [4.78, 5) is 4.64. The first-order valence-electron chi connectivity index (χ1n) is 7.07. The zero-order chi connectivity index (χ0) is 14.5. The largest absolute Gasteiger partial charge is 0.328 e. The van der Waals surface area contributed by atoms with Gasteiger partial charge in [0.2, 0.25) is 0 Å². The Morgan fingerprint density at radius 2 is 1.85 bits per heavy atom. The second-order valence-corrected chi connectivity index (χ2v) is 6.13. The summed E-state index contributed by atoms with van der Waals surface area (Å²) in [6.45, 7) is 3.17. The van der Waals surface area contributed by atoms with Crippen LogP contribution in [-0.2, 0) is 13.0 Å². The molecule has 0 unspecified atom stereocenters. The van der Waals surface area contributed by atoms with Crippen molar-refractivity contribution in [1.82, 2.24) is 9.55 Å². The van der Waals surface area contributed by atoms with Crippen molar-refractivity contribution in [2.75, 3.05) is 5.88 Å². The van der Waals surface area contributed by atoms with Crippen molar-refractivity contribution in [2.45, 2.75) is 45.6 Å². The van der Waals surface area contributed by atoms with Gasteiger partial charge in [-0.25, -0.2) is 4.98 Å². The molecule has 0 fully saturated rings. The van der Waals surface area contributed by atoms with Crippen LogP contribution in [0.15, 0.2) is 12.1 Å². The van der Waals surface area contributed by atoms with Gasteiger partial charge in [-0.1, -0.05) is 49.4 Å². The van der Waals surface area contributed by atoms with Crippen molar-refractivity contribution in [3.63, 3.8) is 0 Å². The number of unbranched alkanes of at least 4 members (excludes halogenated alkanes) is 3. The summed E-state index contributed by atoms with van der Waals surface area (Å²) < 4.78 is 2.23. The number of rotatable bonds is 7. The highest BCUT2D eigenvalue weighted by Gasteiger charge is 2.12. The van der Waals surface area contributed by atoms with E-state index in [1.165, 1.54) is 19.3 Å². The van der Waals surface area contributed by atoms with Gasteiger partial charge in [-0.3, -0.25) is 0 Å². The molecule has 20 heavy (non-hydrogen) atoms. The molecular weight excluding hydrogens is 315 g/mol. The fourth-order valence-corrected chi connectivity index (χ4v) is 2.88. The Kier molecular flexibility index (Phi) is 6.01. The Balaban J connectivity index is 2.32. The molecule has 0 aliphatic carbocycles. The minimum atomic E-state index is 0.548. The minimum absolute atomic E-state index is 0.548. The highest BCUT2D eigenvalue weighted by atomic mass is 35.5. The normalized spacial score (nSPS) is 11.4. The van der Waals surface area contributed by atoms with Gasteiger partial charge >= 0.3 is 0 Å². The maximum absolute atomic E-state index is 6.13. The summed E-state index contributed by atoms with van der Waals surface area (Å²) in [5.74, 6) is 1.59. The number of hydrogen-bond donors (Lipinski definition) is 0. The molecular formula is C15H19Cl3N2. The smallest absolute Gasteiger partial charge is 0.111 e. The molecule has 2 nitrogen and oxygen atoms in total. The van der Waals surface area contributed by atoms with E-state index >= 15 is 0 Å². The van der Waals surface area contributed by atoms with Crippen LogP contribution in [0, 0.1) is 0 Å². The van der Waals surface area contributed by atoms with E-state index in [-0.39, 0.29) is 0 Å². The fraction of sp³-hybridized carbons (Fsp3) is 0.533. The van der Waals surface area contributed by atoms with Gasteiger partial charge in [0.05, 0.1) is 21.1 Å². The van der Waals surface area contributed by atoms with Crippen LogP contribution in [0.2, 0.25) is 10.0 Å². The van der Waals surface area contributed by atoms with Crippen LogP contribution in [-0.4, -0.2) is 15.4 Å². The Bertz CT molecular complexity index is 578. The van der Waals surface area contributed by atoms with Crippen molar-refractivity contribution >= 4 is 45.8 Å². The molecule has 1 aromatic carbocycles. The van der Waals surface area contributed by atoms with Crippen molar-refractivity contribution < 1.29 is 0 Å². The number of alkyl halides is 1. The van der Waals surface area contributed by atoms with E-state index in [2.05, 4.69) is 16.5 Å². The lowest BCUT2D eigenvalue weighted by Gasteiger charge is -2.08. The molecule has 2 rings (SSSR count). The third-order valence-corrected chi connectivity index (χ3v) is 4.33. The van der Waals surface area contributed by atoms with Crippen LogP contribution < -0.4 is 0 Å². The van der Waals surface area contributed by atoms with E-state index < -0.39 is 0 Å². The molecule has 0 atom stereocenters. The van der Waals surface area contributed by atoms with Crippen LogP contribution in [0.1, 0.15) is 38.4 Å². The van der Waals surface area contributed by atoms with Gasteiger partial charge in [0.25, 0.3) is 0 Å². The number of nitrogens with zero attached hydrogens (tertiary/aromatic N) is 2. The molecule has 0 aliphatic heterocycles. The lowest BCUT2D eigenvalue weighted by Crippen LogP contribution is -2.05. The summed E-state index contributed by atoms with van der Waals surface area (Å²) in [7, 11) is 0. The molecule has 0 radical (unpaired) electrons. The van der Waals surface area contributed by atoms with E-state index in [9.17, 15) is 0 Å². The van der Waals surface area contributed by atoms with Crippen molar-refractivity contribution in [1.29, 1.82) is 0 Å². The molecule has 0 aliphatic rings. The van der Waals surface area contributed by atoms with Gasteiger partial charge in [-0.15, -0.1) is 11.6 Å². The molecule has 0 saturated heterocycles. The number of imidazole rings is 1. The molecule has 0 spiro atoms. The molecule has 0 saturated carbocycles. The van der Waals surface area contributed by atoms with Crippen LogP contribution in [0.4, 0.5) is 0 Å². The number of aryl methyl sites for hydroxylation is 2. The summed E-state index contributed by atoms with van der Waals surface area (Å²) in [6, 6.07) is 3.74. The molecule has 5 heteroatoms. The first-order valence-corrected chi connectivity index (χ1v) is 8.36. The zero-order valence-corrected chi connectivity index (χ0v) is 13.9. The summed E-state index contributed by atoms with van der Waals surface area (Å²) in [6.07, 6.45) is 5.65. The van der Waals surface area contributed by atoms with E-state index in [1.54, 1.807) is 0 Å². The Morgan fingerprint density at radius 1 is 1.10 bits per heavy atom. The standard InChI is InChI=1S/C15H19Cl3N2/c1-2-3-4-5-8-20-14-10-12(18)11(17)9-13(14)19-15(20)6-7-16/h9-10H,2-8H2,1H3. The average molecular weight is 334 g/mol. The number of halogens is 3. The van der Waals surface area contributed by atoms with Crippen LogP contribution in [0.3, 0.4) is 0 Å². The maximum Gasteiger partial charge on any atom is 0.111 e. The predicted molar refractivity (Wildman–Crippen MR) is 88.3 cm³/mol. The Hall–Kier alpha value is -0.440. The predicted octanol–water partition coefficient (Wildman–Crippen LogP) is 5.70. The first-order chi connectivity index (χ1) is 9.67. The molecule has 0 bridgehead atoms. The van der Waals surface area contributed by atoms with E-state index in [1.807, 2.05) is 12.1 Å². The Labute approximate surface area is 135 Å². The second kappa shape index (κ2) is 7.53. The highest BCUT2D eigenvalue weighted by Crippen LogP contribution is 2.29.